The van der Waals surface area contributed by atoms with Crippen LogP contribution in [0.3, 0.4) is 0 Å². The third-order valence-electron chi connectivity index (χ3n) is 4.62. The molecule has 0 unspecified atom stereocenters. The fourth-order valence-corrected chi connectivity index (χ4v) is 3.51. The molecule has 0 aliphatic carbocycles. The fourth-order valence-electron chi connectivity index (χ4n) is 3.51. The van der Waals surface area contributed by atoms with E-state index in [1.165, 1.54) is 0 Å². The van der Waals surface area contributed by atoms with Crippen LogP contribution in [0.1, 0.15) is 25.0 Å². The first-order valence-electron chi connectivity index (χ1n) is 7.98. The molecule has 2 aliphatic heterocycles. The molecule has 2 aliphatic rings. The van der Waals surface area contributed by atoms with Crippen LogP contribution < -0.4 is 15.4 Å². The first-order valence-corrected chi connectivity index (χ1v) is 7.98. The van der Waals surface area contributed by atoms with Crippen LogP contribution in [0, 0.1) is 0 Å². The largest absolute Gasteiger partial charge is 0.493 e. The summed E-state index contributed by atoms with van der Waals surface area (Å²) in [5, 5.41) is 6.80. The molecule has 2 amide bonds. The summed E-state index contributed by atoms with van der Waals surface area (Å²) >= 11 is 0. The van der Waals surface area contributed by atoms with E-state index in [1.807, 2.05) is 24.3 Å². The number of furan rings is 1. The van der Waals surface area contributed by atoms with Gasteiger partial charge in [-0.15, -0.1) is 0 Å². The quantitative estimate of drug-likeness (QED) is 0.909. The average molecular weight is 316 g/mol. The van der Waals surface area contributed by atoms with Gasteiger partial charge in [0, 0.05) is 5.39 Å². The van der Waals surface area contributed by atoms with Crippen molar-refractivity contribution in [3.05, 3.63) is 30.0 Å². The van der Waals surface area contributed by atoms with Gasteiger partial charge in [0.25, 0.3) is 0 Å². The molecule has 1 aromatic heterocycles. The Morgan fingerprint density at radius 3 is 3.04 bits per heavy atom. The van der Waals surface area contributed by atoms with Crippen molar-refractivity contribution in [3.63, 3.8) is 0 Å². The standard InChI is InChI=1S/C17H20N2O4/c1-21-15-4-2-3-10-7-12(23-16(10)15)9-18-17(20)19-13-8-11-5-6-14(13)22-11/h2-4,7,11,13-14H,5-6,8-9H2,1H3,(H2,18,19,20)/t11-,13-,14-/m1/s1. The van der Waals surface area contributed by atoms with E-state index in [0.29, 0.717) is 29.7 Å². The van der Waals surface area contributed by atoms with E-state index in [0.717, 1.165) is 24.6 Å². The summed E-state index contributed by atoms with van der Waals surface area (Å²) in [5.74, 6) is 1.39. The molecule has 2 N–H and O–H groups in total. The van der Waals surface area contributed by atoms with Crippen molar-refractivity contribution < 1.29 is 18.7 Å². The summed E-state index contributed by atoms with van der Waals surface area (Å²) in [5.41, 5.74) is 0.703. The topological polar surface area (TPSA) is 72.7 Å². The zero-order valence-corrected chi connectivity index (χ0v) is 13.0. The zero-order chi connectivity index (χ0) is 15.8. The molecule has 0 spiro atoms. The van der Waals surface area contributed by atoms with Gasteiger partial charge in [0.15, 0.2) is 11.3 Å². The summed E-state index contributed by atoms with van der Waals surface area (Å²) in [4.78, 5) is 12.0. The maximum absolute atomic E-state index is 12.0. The van der Waals surface area contributed by atoms with Crippen molar-refractivity contribution in [1.82, 2.24) is 10.6 Å². The van der Waals surface area contributed by atoms with Gasteiger partial charge in [-0.2, -0.15) is 0 Å². The Bertz CT molecular complexity index is 726. The van der Waals surface area contributed by atoms with Crippen molar-refractivity contribution >= 4 is 17.0 Å². The third-order valence-corrected chi connectivity index (χ3v) is 4.62. The molecule has 2 bridgehead atoms. The van der Waals surface area contributed by atoms with E-state index in [-0.39, 0.29) is 18.2 Å². The second-order valence-electron chi connectivity index (χ2n) is 6.13. The van der Waals surface area contributed by atoms with Crippen LogP contribution in [0.15, 0.2) is 28.7 Å². The number of methoxy groups -OCH3 is 1. The molecule has 0 saturated carbocycles. The lowest BCUT2D eigenvalue weighted by atomic mass is 9.96. The van der Waals surface area contributed by atoms with Gasteiger partial charge in [-0.3, -0.25) is 0 Å². The minimum atomic E-state index is -0.182. The molecule has 23 heavy (non-hydrogen) atoms. The summed E-state index contributed by atoms with van der Waals surface area (Å²) in [6.45, 7) is 0.339. The van der Waals surface area contributed by atoms with E-state index in [9.17, 15) is 4.79 Å². The number of ether oxygens (including phenoxy) is 2. The SMILES string of the molecule is COc1cccc2cc(CNC(=O)N[C@@H]3C[C@H]4CC[C@H]3O4)oc12. The van der Waals surface area contributed by atoms with Gasteiger partial charge in [-0.25, -0.2) is 4.79 Å². The first kappa shape index (κ1) is 14.4. The Balaban J connectivity index is 1.36. The molecule has 6 heteroatoms. The molecule has 2 aromatic rings. The Morgan fingerprint density at radius 1 is 1.39 bits per heavy atom. The van der Waals surface area contributed by atoms with Gasteiger partial charge in [-0.05, 0) is 31.4 Å². The van der Waals surface area contributed by atoms with E-state index >= 15 is 0 Å². The van der Waals surface area contributed by atoms with Gasteiger partial charge in [0.1, 0.15) is 5.76 Å². The molecular formula is C17H20N2O4. The zero-order valence-electron chi connectivity index (χ0n) is 13.0. The fraction of sp³-hybridized carbons (Fsp3) is 0.471. The highest BCUT2D eigenvalue weighted by Gasteiger charge is 2.41. The number of rotatable bonds is 4. The second-order valence-corrected chi connectivity index (χ2v) is 6.13. The van der Waals surface area contributed by atoms with Gasteiger partial charge < -0.3 is 24.5 Å². The smallest absolute Gasteiger partial charge is 0.315 e. The van der Waals surface area contributed by atoms with Crippen molar-refractivity contribution in [2.45, 2.75) is 44.1 Å². The summed E-state index contributed by atoms with van der Waals surface area (Å²) < 4.78 is 16.8. The van der Waals surface area contributed by atoms with Crippen LogP contribution >= 0.6 is 0 Å². The maximum atomic E-state index is 12.0. The number of nitrogens with one attached hydrogen (secondary N) is 2. The molecular weight excluding hydrogens is 296 g/mol. The van der Waals surface area contributed by atoms with Crippen molar-refractivity contribution in [3.8, 4) is 5.75 Å². The lowest BCUT2D eigenvalue weighted by Crippen LogP contribution is -2.46. The van der Waals surface area contributed by atoms with Crippen LogP contribution in [-0.4, -0.2) is 31.4 Å². The van der Waals surface area contributed by atoms with Crippen LogP contribution in [0.4, 0.5) is 4.79 Å². The second kappa shape index (κ2) is 5.77. The van der Waals surface area contributed by atoms with Crippen molar-refractivity contribution in [2.24, 2.45) is 0 Å². The van der Waals surface area contributed by atoms with Gasteiger partial charge >= 0.3 is 6.03 Å². The van der Waals surface area contributed by atoms with Crippen molar-refractivity contribution in [1.29, 1.82) is 0 Å². The predicted molar refractivity (Wildman–Crippen MR) is 84.4 cm³/mol. The number of hydrogen-bond acceptors (Lipinski definition) is 4. The molecule has 2 saturated heterocycles. The van der Waals surface area contributed by atoms with E-state index in [1.54, 1.807) is 7.11 Å². The summed E-state index contributed by atoms with van der Waals surface area (Å²) in [6, 6.07) is 7.58. The van der Waals surface area contributed by atoms with Crippen LogP contribution in [0.5, 0.6) is 5.75 Å². The molecule has 0 radical (unpaired) electrons. The number of carbonyl (C=O) groups is 1. The summed E-state index contributed by atoms with van der Waals surface area (Å²) in [6.07, 6.45) is 3.58. The molecule has 3 heterocycles. The predicted octanol–water partition coefficient (Wildman–Crippen LogP) is 2.56. The number of hydrogen-bond donors (Lipinski definition) is 2. The number of carbonyl (C=O) groups excluding carboxylic acids is 1. The molecule has 122 valence electrons. The van der Waals surface area contributed by atoms with E-state index in [4.69, 9.17) is 13.9 Å². The Labute approximate surface area is 134 Å². The Morgan fingerprint density at radius 2 is 2.30 bits per heavy atom. The molecule has 4 rings (SSSR count). The van der Waals surface area contributed by atoms with E-state index in [2.05, 4.69) is 10.6 Å². The number of amides is 2. The summed E-state index contributed by atoms with van der Waals surface area (Å²) in [7, 11) is 1.61. The van der Waals surface area contributed by atoms with Gasteiger partial charge in [0.05, 0.1) is 31.9 Å². The molecule has 2 fully saturated rings. The normalized spacial score (nSPS) is 25.7. The van der Waals surface area contributed by atoms with Gasteiger partial charge in [-0.1, -0.05) is 12.1 Å². The maximum Gasteiger partial charge on any atom is 0.315 e. The average Bonchev–Trinajstić information content (AvgIpc) is 3.26. The highest BCUT2D eigenvalue weighted by Crippen LogP contribution is 2.34. The van der Waals surface area contributed by atoms with Crippen molar-refractivity contribution in [2.75, 3.05) is 7.11 Å². The lowest BCUT2D eigenvalue weighted by Gasteiger charge is -2.20. The monoisotopic (exact) mass is 316 g/mol. The first-order chi connectivity index (χ1) is 11.2. The van der Waals surface area contributed by atoms with Crippen LogP contribution in [-0.2, 0) is 11.3 Å². The Hall–Kier alpha value is -2.21. The molecule has 3 atom stereocenters. The highest BCUT2D eigenvalue weighted by molar-refractivity contribution is 5.83. The third kappa shape index (κ3) is 2.74. The highest BCUT2D eigenvalue weighted by atomic mass is 16.5. The number of benzene rings is 1. The number of fused-ring (bicyclic) bond motifs is 3. The molecule has 1 aromatic carbocycles. The Kier molecular flexibility index (Phi) is 3.61. The minimum absolute atomic E-state index is 0.129. The minimum Gasteiger partial charge on any atom is -0.493 e. The number of para-hydroxylation sites is 1. The van der Waals surface area contributed by atoms with Gasteiger partial charge in [0.2, 0.25) is 0 Å². The number of urea groups is 1. The molecule has 6 nitrogen and oxygen atoms in total. The lowest BCUT2D eigenvalue weighted by molar-refractivity contribution is 0.0981. The van der Waals surface area contributed by atoms with E-state index < -0.39 is 0 Å². The van der Waals surface area contributed by atoms with Crippen LogP contribution in [0.25, 0.3) is 11.0 Å². The van der Waals surface area contributed by atoms with Crippen LogP contribution in [0.2, 0.25) is 0 Å².